The third kappa shape index (κ3) is 2.99. The first kappa shape index (κ1) is 13.5. The zero-order valence-electron chi connectivity index (χ0n) is 11.6. The van der Waals surface area contributed by atoms with E-state index in [1.807, 2.05) is 17.0 Å². The number of rotatable bonds is 3. The SMILES string of the molecule is O=C(CC1COCCN1)N1CCCC1c1ccncc1. The summed E-state index contributed by atoms with van der Waals surface area (Å²) < 4.78 is 5.42. The zero-order chi connectivity index (χ0) is 13.8. The Morgan fingerprint density at radius 3 is 3.05 bits per heavy atom. The highest BCUT2D eigenvalue weighted by atomic mass is 16.5. The van der Waals surface area contributed by atoms with Gasteiger partial charge >= 0.3 is 0 Å². The van der Waals surface area contributed by atoms with E-state index in [2.05, 4.69) is 10.3 Å². The fourth-order valence-electron chi connectivity index (χ4n) is 3.08. The Labute approximate surface area is 119 Å². The van der Waals surface area contributed by atoms with E-state index in [0.717, 1.165) is 32.5 Å². The van der Waals surface area contributed by atoms with E-state index < -0.39 is 0 Å². The minimum absolute atomic E-state index is 0.162. The maximum atomic E-state index is 12.5. The van der Waals surface area contributed by atoms with Gasteiger partial charge in [-0.25, -0.2) is 0 Å². The molecule has 2 aliphatic heterocycles. The number of ether oxygens (including phenoxy) is 1. The normalized spacial score (nSPS) is 26.7. The second-order valence-electron chi connectivity index (χ2n) is 5.46. The first-order chi connectivity index (χ1) is 9.84. The molecule has 108 valence electrons. The maximum absolute atomic E-state index is 12.5. The number of nitrogens with zero attached hydrogens (tertiary/aromatic N) is 2. The molecule has 0 radical (unpaired) electrons. The summed E-state index contributed by atoms with van der Waals surface area (Å²) in [6.45, 7) is 3.08. The standard InChI is InChI=1S/C15H21N3O2/c19-15(10-13-11-20-9-7-17-13)18-8-1-2-14(18)12-3-5-16-6-4-12/h3-6,13-14,17H,1-2,7-11H2. The van der Waals surface area contributed by atoms with Crippen molar-refractivity contribution in [3.63, 3.8) is 0 Å². The van der Waals surface area contributed by atoms with Crippen LogP contribution in [0, 0.1) is 0 Å². The van der Waals surface area contributed by atoms with Gasteiger partial charge in [-0.15, -0.1) is 0 Å². The molecule has 0 aromatic carbocycles. The summed E-state index contributed by atoms with van der Waals surface area (Å²) >= 11 is 0. The number of aromatic nitrogens is 1. The Bertz CT molecular complexity index is 446. The van der Waals surface area contributed by atoms with Crippen LogP contribution in [0.1, 0.15) is 30.9 Å². The van der Waals surface area contributed by atoms with Gasteiger partial charge in [0.25, 0.3) is 0 Å². The van der Waals surface area contributed by atoms with E-state index in [0.29, 0.717) is 13.0 Å². The lowest BCUT2D eigenvalue weighted by molar-refractivity contribution is -0.133. The number of morpholine rings is 1. The molecule has 3 rings (SSSR count). The summed E-state index contributed by atoms with van der Waals surface area (Å²) in [6, 6.07) is 4.40. The Hall–Kier alpha value is -1.46. The number of likely N-dealkylation sites (tertiary alicyclic amines) is 1. The molecule has 1 N–H and O–H groups in total. The van der Waals surface area contributed by atoms with Crippen LogP contribution in [0.2, 0.25) is 0 Å². The molecule has 20 heavy (non-hydrogen) atoms. The van der Waals surface area contributed by atoms with Crippen molar-refractivity contribution < 1.29 is 9.53 Å². The van der Waals surface area contributed by atoms with Crippen LogP contribution in [0.4, 0.5) is 0 Å². The minimum atomic E-state index is 0.162. The largest absolute Gasteiger partial charge is 0.378 e. The lowest BCUT2D eigenvalue weighted by atomic mass is 10.1. The molecule has 2 fully saturated rings. The molecule has 0 spiro atoms. The molecule has 5 nitrogen and oxygen atoms in total. The van der Waals surface area contributed by atoms with E-state index in [1.165, 1.54) is 5.56 Å². The van der Waals surface area contributed by atoms with Crippen molar-refractivity contribution in [2.24, 2.45) is 0 Å². The van der Waals surface area contributed by atoms with Gasteiger partial charge in [-0.2, -0.15) is 0 Å². The number of hydrogen-bond acceptors (Lipinski definition) is 4. The van der Waals surface area contributed by atoms with Crippen LogP contribution in [0.25, 0.3) is 0 Å². The van der Waals surface area contributed by atoms with Crippen LogP contribution < -0.4 is 5.32 Å². The number of hydrogen-bond donors (Lipinski definition) is 1. The van der Waals surface area contributed by atoms with Gasteiger partial charge in [0, 0.05) is 37.9 Å². The van der Waals surface area contributed by atoms with Crippen molar-refractivity contribution in [2.45, 2.75) is 31.3 Å². The van der Waals surface area contributed by atoms with Crippen LogP contribution in [0.15, 0.2) is 24.5 Å². The molecule has 0 bridgehead atoms. The first-order valence-corrected chi connectivity index (χ1v) is 7.35. The summed E-state index contributed by atoms with van der Waals surface area (Å²) in [5.41, 5.74) is 1.19. The topological polar surface area (TPSA) is 54.5 Å². The van der Waals surface area contributed by atoms with Crippen LogP contribution in [-0.2, 0) is 9.53 Å². The van der Waals surface area contributed by atoms with E-state index in [9.17, 15) is 4.79 Å². The number of amides is 1. The van der Waals surface area contributed by atoms with Gasteiger partial charge in [0.05, 0.1) is 19.3 Å². The molecule has 1 aromatic rings. The van der Waals surface area contributed by atoms with Crippen molar-refractivity contribution in [1.29, 1.82) is 0 Å². The molecule has 2 unspecified atom stereocenters. The van der Waals surface area contributed by atoms with Gasteiger partial charge < -0.3 is 15.0 Å². The number of nitrogens with one attached hydrogen (secondary N) is 1. The molecular formula is C15H21N3O2. The monoisotopic (exact) mass is 275 g/mol. The fraction of sp³-hybridized carbons (Fsp3) is 0.600. The van der Waals surface area contributed by atoms with Crippen LogP contribution in [0.3, 0.4) is 0 Å². The summed E-state index contributed by atoms with van der Waals surface area (Å²) in [4.78, 5) is 18.6. The third-order valence-electron chi connectivity index (χ3n) is 4.08. The predicted octanol–water partition coefficient (Wildman–Crippen LogP) is 1.12. The average Bonchev–Trinajstić information content (AvgIpc) is 2.99. The van der Waals surface area contributed by atoms with Gasteiger partial charge in [-0.1, -0.05) is 0 Å². The molecule has 0 aliphatic carbocycles. The van der Waals surface area contributed by atoms with E-state index >= 15 is 0 Å². The van der Waals surface area contributed by atoms with E-state index in [-0.39, 0.29) is 18.0 Å². The smallest absolute Gasteiger partial charge is 0.224 e. The van der Waals surface area contributed by atoms with Crippen molar-refractivity contribution in [1.82, 2.24) is 15.2 Å². The first-order valence-electron chi connectivity index (χ1n) is 7.35. The zero-order valence-corrected chi connectivity index (χ0v) is 11.6. The molecule has 2 atom stereocenters. The van der Waals surface area contributed by atoms with Gasteiger partial charge in [-0.05, 0) is 30.5 Å². The second-order valence-corrected chi connectivity index (χ2v) is 5.46. The van der Waals surface area contributed by atoms with Crippen LogP contribution in [-0.4, -0.2) is 48.1 Å². The molecule has 5 heteroatoms. The third-order valence-corrected chi connectivity index (χ3v) is 4.08. The molecule has 1 amide bonds. The van der Waals surface area contributed by atoms with Crippen molar-refractivity contribution >= 4 is 5.91 Å². The number of pyridine rings is 1. The van der Waals surface area contributed by atoms with Gasteiger partial charge in [-0.3, -0.25) is 9.78 Å². The minimum Gasteiger partial charge on any atom is -0.378 e. The molecular weight excluding hydrogens is 254 g/mol. The second kappa shape index (κ2) is 6.33. The predicted molar refractivity (Wildman–Crippen MR) is 75.2 cm³/mol. The molecule has 1 aromatic heterocycles. The van der Waals surface area contributed by atoms with E-state index in [4.69, 9.17) is 4.74 Å². The highest BCUT2D eigenvalue weighted by Crippen LogP contribution is 2.32. The number of carbonyl (C=O) groups excluding carboxylic acids is 1. The average molecular weight is 275 g/mol. The lowest BCUT2D eigenvalue weighted by Gasteiger charge is -2.29. The van der Waals surface area contributed by atoms with Gasteiger partial charge in [0.2, 0.25) is 5.91 Å². The van der Waals surface area contributed by atoms with Gasteiger partial charge in [0.15, 0.2) is 0 Å². The summed E-state index contributed by atoms with van der Waals surface area (Å²) in [5, 5.41) is 3.35. The quantitative estimate of drug-likeness (QED) is 0.898. The van der Waals surface area contributed by atoms with Crippen molar-refractivity contribution in [3.8, 4) is 0 Å². The highest BCUT2D eigenvalue weighted by molar-refractivity contribution is 5.77. The van der Waals surface area contributed by atoms with E-state index in [1.54, 1.807) is 12.4 Å². The van der Waals surface area contributed by atoms with Crippen molar-refractivity contribution in [2.75, 3.05) is 26.3 Å². The molecule has 0 saturated carbocycles. The summed E-state index contributed by atoms with van der Waals surface area (Å²) in [6.07, 6.45) is 6.25. The Balaban J connectivity index is 1.64. The van der Waals surface area contributed by atoms with Crippen molar-refractivity contribution in [3.05, 3.63) is 30.1 Å². The Morgan fingerprint density at radius 1 is 1.45 bits per heavy atom. The van der Waals surface area contributed by atoms with Crippen LogP contribution in [0.5, 0.6) is 0 Å². The molecule has 2 saturated heterocycles. The maximum Gasteiger partial charge on any atom is 0.224 e. The molecule has 3 heterocycles. The number of carbonyl (C=O) groups is 1. The van der Waals surface area contributed by atoms with Crippen LogP contribution >= 0.6 is 0 Å². The Kier molecular flexibility index (Phi) is 4.28. The summed E-state index contributed by atoms with van der Waals surface area (Å²) in [5.74, 6) is 0.229. The molecule has 2 aliphatic rings. The van der Waals surface area contributed by atoms with Gasteiger partial charge in [0.1, 0.15) is 0 Å². The highest BCUT2D eigenvalue weighted by Gasteiger charge is 2.31. The lowest BCUT2D eigenvalue weighted by Crippen LogP contribution is -2.45. The Morgan fingerprint density at radius 2 is 2.30 bits per heavy atom. The fourth-order valence-corrected chi connectivity index (χ4v) is 3.08. The summed E-state index contributed by atoms with van der Waals surface area (Å²) in [7, 11) is 0.